The van der Waals surface area contributed by atoms with Crippen molar-refractivity contribution in [3.63, 3.8) is 0 Å². The van der Waals surface area contributed by atoms with Crippen molar-refractivity contribution in [2.75, 3.05) is 31.1 Å². The topological polar surface area (TPSA) is 90.9 Å². The second-order valence-corrected chi connectivity index (χ2v) is 4.95. The highest BCUT2D eigenvalue weighted by Crippen LogP contribution is 2.18. The minimum Gasteiger partial charge on any atom is -0.409 e. The predicted octanol–water partition coefficient (Wildman–Crippen LogP) is 0.185. The molecule has 1 aliphatic rings. The highest BCUT2D eigenvalue weighted by atomic mass is 32.1. The summed E-state index contributed by atoms with van der Waals surface area (Å²) >= 11 is 1.41. The van der Waals surface area contributed by atoms with E-state index in [1.807, 2.05) is 6.92 Å². The number of piperazine rings is 1. The average molecular weight is 270 g/mol. The molecule has 8 heteroatoms. The van der Waals surface area contributed by atoms with Crippen LogP contribution in [0, 0.1) is 0 Å². The van der Waals surface area contributed by atoms with Crippen molar-refractivity contribution >= 4 is 22.5 Å². The van der Waals surface area contributed by atoms with Crippen molar-refractivity contribution in [1.82, 2.24) is 14.3 Å². The number of hydrogen-bond donors (Lipinski definition) is 2. The third-order valence-electron chi connectivity index (χ3n) is 3.22. The van der Waals surface area contributed by atoms with Crippen LogP contribution in [-0.4, -0.2) is 57.5 Å². The van der Waals surface area contributed by atoms with Gasteiger partial charge in [0.1, 0.15) is 6.33 Å². The number of aromatic nitrogens is 2. The lowest BCUT2D eigenvalue weighted by Gasteiger charge is -2.38. The number of amidine groups is 1. The van der Waals surface area contributed by atoms with Crippen LogP contribution < -0.4 is 10.6 Å². The molecule has 0 aliphatic carbocycles. The van der Waals surface area contributed by atoms with E-state index in [9.17, 15) is 0 Å². The van der Waals surface area contributed by atoms with Gasteiger partial charge in [0, 0.05) is 37.7 Å². The Morgan fingerprint density at radius 3 is 2.78 bits per heavy atom. The molecule has 18 heavy (non-hydrogen) atoms. The Bertz CT molecular complexity index is 387. The highest BCUT2D eigenvalue weighted by molar-refractivity contribution is 7.09. The fourth-order valence-electron chi connectivity index (χ4n) is 2.25. The zero-order chi connectivity index (χ0) is 13.0. The fraction of sp³-hybridized carbons (Fsp3) is 0.700. The molecule has 1 atom stereocenters. The van der Waals surface area contributed by atoms with Gasteiger partial charge in [-0.25, -0.2) is 4.98 Å². The van der Waals surface area contributed by atoms with Gasteiger partial charge in [0.2, 0.25) is 5.13 Å². The molecule has 1 saturated heterocycles. The van der Waals surface area contributed by atoms with Crippen molar-refractivity contribution in [2.24, 2.45) is 10.9 Å². The first kappa shape index (κ1) is 13.0. The Balaban J connectivity index is 1.93. The van der Waals surface area contributed by atoms with Gasteiger partial charge in [-0.05, 0) is 6.42 Å². The molecular weight excluding hydrogens is 252 g/mol. The van der Waals surface area contributed by atoms with Crippen molar-refractivity contribution in [1.29, 1.82) is 0 Å². The molecule has 100 valence electrons. The van der Waals surface area contributed by atoms with Crippen LogP contribution in [0.25, 0.3) is 0 Å². The van der Waals surface area contributed by atoms with E-state index in [0.717, 1.165) is 37.7 Å². The summed E-state index contributed by atoms with van der Waals surface area (Å²) in [4.78, 5) is 8.67. The first-order valence-electron chi connectivity index (χ1n) is 5.99. The monoisotopic (exact) mass is 270 g/mol. The van der Waals surface area contributed by atoms with Gasteiger partial charge >= 0.3 is 0 Å². The molecule has 0 aromatic carbocycles. The smallest absolute Gasteiger partial charge is 0.205 e. The standard InChI is InChI=1S/C10H18N6OS/c1-2-8(9(11)14-17)15-3-5-16(6-4-15)10-12-7-13-18-10/h7-8,17H,2-6H2,1H3,(H2,11,14). The van der Waals surface area contributed by atoms with E-state index in [2.05, 4.69) is 24.3 Å². The van der Waals surface area contributed by atoms with Gasteiger partial charge in [-0.2, -0.15) is 4.37 Å². The summed E-state index contributed by atoms with van der Waals surface area (Å²) in [6, 6.07) is 0.0200. The Kier molecular flexibility index (Phi) is 4.32. The Labute approximate surface area is 110 Å². The van der Waals surface area contributed by atoms with Crippen molar-refractivity contribution < 1.29 is 5.21 Å². The number of nitrogens with zero attached hydrogens (tertiary/aromatic N) is 5. The van der Waals surface area contributed by atoms with E-state index in [1.54, 1.807) is 6.33 Å². The molecule has 0 amide bonds. The fourth-order valence-corrected chi connectivity index (χ4v) is 2.83. The van der Waals surface area contributed by atoms with Gasteiger partial charge in [0.25, 0.3) is 0 Å². The maximum Gasteiger partial charge on any atom is 0.205 e. The largest absolute Gasteiger partial charge is 0.409 e. The Hall–Kier alpha value is -1.41. The number of hydrogen-bond acceptors (Lipinski definition) is 7. The summed E-state index contributed by atoms with van der Waals surface area (Å²) in [5, 5.41) is 12.9. The Morgan fingerprint density at radius 1 is 1.56 bits per heavy atom. The summed E-state index contributed by atoms with van der Waals surface area (Å²) in [5.74, 6) is 0.293. The minimum atomic E-state index is 0.0200. The summed E-state index contributed by atoms with van der Waals surface area (Å²) in [7, 11) is 0. The third kappa shape index (κ3) is 2.70. The summed E-state index contributed by atoms with van der Waals surface area (Å²) in [6.07, 6.45) is 2.42. The molecule has 1 fully saturated rings. The summed E-state index contributed by atoms with van der Waals surface area (Å²) in [5.41, 5.74) is 5.71. The van der Waals surface area contributed by atoms with Gasteiger partial charge in [-0.3, -0.25) is 4.90 Å². The van der Waals surface area contributed by atoms with Crippen molar-refractivity contribution in [3.8, 4) is 0 Å². The third-order valence-corrected chi connectivity index (χ3v) is 3.95. The molecule has 7 nitrogen and oxygen atoms in total. The van der Waals surface area contributed by atoms with E-state index >= 15 is 0 Å². The highest BCUT2D eigenvalue weighted by Gasteiger charge is 2.26. The van der Waals surface area contributed by atoms with Crippen LogP contribution in [0.4, 0.5) is 5.13 Å². The van der Waals surface area contributed by atoms with Gasteiger partial charge in [0.15, 0.2) is 5.84 Å². The maximum absolute atomic E-state index is 8.78. The van der Waals surface area contributed by atoms with Crippen molar-refractivity contribution in [3.05, 3.63) is 6.33 Å². The minimum absolute atomic E-state index is 0.0200. The lowest BCUT2D eigenvalue weighted by Crippen LogP contribution is -2.54. The van der Waals surface area contributed by atoms with Crippen LogP contribution in [0.5, 0.6) is 0 Å². The summed E-state index contributed by atoms with van der Waals surface area (Å²) < 4.78 is 4.01. The van der Waals surface area contributed by atoms with Crippen LogP contribution >= 0.6 is 11.5 Å². The van der Waals surface area contributed by atoms with Crippen molar-refractivity contribution in [2.45, 2.75) is 19.4 Å². The number of oxime groups is 1. The van der Waals surface area contributed by atoms with Gasteiger partial charge in [-0.1, -0.05) is 12.1 Å². The lowest BCUT2D eigenvalue weighted by molar-refractivity contribution is 0.216. The molecule has 0 radical (unpaired) electrons. The zero-order valence-electron chi connectivity index (χ0n) is 10.4. The molecule has 1 unspecified atom stereocenters. The predicted molar refractivity (Wildman–Crippen MR) is 71.2 cm³/mol. The second-order valence-electron chi connectivity index (χ2n) is 4.20. The molecule has 3 N–H and O–H groups in total. The van der Waals surface area contributed by atoms with Gasteiger partial charge in [0.05, 0.1) is 6.04 Å². The summed E-state index contributed by atoms with van der Waals surface area (Å²) in [6.45, 7) is 5.59. The lowest BCUT2D eigenvalue weighted by atomic mass is 10.1. The first-order valence-corrected chi connectivity index (χ1v) is 6.76. The molecule has 0 spiro atoms. The number of rotatable bonds is 4. The van der Waals surface area contributed by atoms with E-state index in [0.29, 0.717) is 5.84 Å². The van der Waals surface area contributed by atoms with Crippen LogP contribution in [0.3, 0.4) is 0 Å². The molecular formula is C10H18N6OS. The normalized spacial score (nSPS) is 20.1. The maximum atomic E-state index is 8.78. The number of anilines is 1. The molecule has 0 bridgehead atoms. The van der Waals surface area contributed by atoms with Crippen LogP contribution in [-0.2, 0) is 0 Å². The molecule has 1 aromatic heterocycles. The van der Waals surface area contributed by atoms with Gasteiger partial charge < -0.3 is 15.8 Å². The van der Waals surface area contributed by atoms with Gasteiger partial charge in [-0.15, -0.1) is 0 Å². The molecule has 0 saturated carbocycles. The number of nitrogens with two attached hydrogens (primary N) is 1. The quantitative estimate of drug-likeness (QED) is 0.351. The van der Waals surface area contributed by atoms with Crippen LogP contribution in [0.15, 0.2) is 11.5 Å². The van der Waals surface area contributed by atoms with Crippen LogP contribution in [0.2, 0.25) is 0 Å². The van der Waals surface area contributed by atoms with E-state index < -0.39 is 0 Å². The molecule has 2 rings (SSSR count). The van der Waals surface area contributed by atoms with Crippen LogP contribution in [0.1, 0.15) is 13.3 Å². The van der Waals surface area contributed by atoms with E-state index in [1.165, 1.54) is 11.5 Å². The average Bonchev–Trinajstić information content (AvgIpc) is 2.94. The van der Waals surface area contributed by atoms with E-state index in [-0.39, 0.29) is 6.04 Å². The van der Waals surface area contributed by atoms with E-state index in [4.69, 9.17) is 10.9 Å². The second kappa shape index (κ2) is 5.96. The first-order chi connectivity index (χ1) is 8.76. The molecule has 2 heterocycles. The Morgan fingerprint density at radius 2 is 2.28 bits per heavy atom. The zero-order valence-corrected chi connectivity index (χ0v) is 11.2. The molecule has 1 aliphatic heterocycles. The SMILES string of the molecule is CCC(C(N)=NO)N1CCN(c2ncns2)CC1. The molecule has 1 aromatic rings.